The lowest BCUT2D eigenvalue weighted by atomic mass is 10.2. The lowest BCUT2D eigenvalue weighted by molar-refractivity contribution is -0.153. The number of benzene rings is 2. The van der Waals surface area contributed by atoms with Crippen molar-refractivity contribution in [2.75, 3.05) is 13.7 Å². The van der Waals surface area contributed by atoms with Crippen LogP contribution in [0.1, 0.15) is 12.0 Å². The van der Waals surface area contributed by atoms with Gasteiger partial charge in [-0.3, -0.25) is 14.5 Å². The smallest absolute Gasteiger partial charge is 0.422 e. The van der Waals surface area contributed by atoms with Gasteiger partial charge in [-0.05, 0) is 54.2 Å². The summed E-state index contributed by atoms with van der Waals surface area (Å²) >= 11 is 5.28. The van der Waals surface area contributed by atoms with Gasteiger partial charge in [-0.2, -0.15) is 18.3 Å². The summed E-state index contributed by atoms with van der Waals surface area (Å²) in [5.41, 5.74) is 1.56. The first-order chi connectivity index (χ1) is 15.2. The molecule has 170 valence electrons. The minimum Gasteiger partial charge on any atom is -0.497 e. The molecule has 3 aromatic rings. The van der Waals surface area contributed by atoms with E-state index in [2.05, 4.69) is 20.3 Å². The van der Waals surface area contributed by atoms with E-state index in [0.717, 1.165) is 11.1 Å². The molecule has 0 saturated carbocycles. The maximum Gasteiger partial charge on any atom is 0.422 e. The van der Waals surface area contributed by atoms with Crippen LogP contribution in [0.3, 0.4) is 0 Å². The summed E-state index contributed by atoms with van der Waals surface area (Å²) in [7, 11) is 1.58. The number of nitrogens with one attached hydrogen (secondary N) is 2. The zero-order valence-electron chi connectivity index (χ0n) is 17.1. The first kappa shape index (κ1) is 23.3. The zero-order chi connectivity index (χ0) is 23.1. The van der Waals surface area contributed by atoms with Crippen molar-refractivity contribution >= 4 is 18.1 Å². The Balaban J connectivity index is 1.52. The van der Waals surface area contributed by atoms with Crippen molar-refractivity contribution in [3.8, 4) is 22.9 Å². The second kappa shape index (κ2) is 10.3. The third-order valence-electron chi connectivity index (χ3n) is 4.48. The van der Waals surface area contributed by atoms with E-state index in [4.69, 9.17) is 17.0 Å². The number of hydrogen-bond acceptors (Lipinski definition) is 5. The number of carbonyl (C=O) groups excluding carboxylic acids is 1. The standard InChI is InChI=1S/C21H21F3N4O3S/c1-30-16-8-4-15(5-9-16)19-26-27-20(32)28(19)11-10-18(29)25-12-14-2-6-17(7-3-14)31-13-21(22,23)24/h2-9H,10-13H2,1H3,(H,25,29)(H,27,32). The molecule has 0 fully saturated rings. The summed E-state index contributed by atoms with van der Waals surface area (Å²) in [6.45, 7) is -0.786. The van der Waals surface area contributed by atoms with Crippen LogP contribution in [0.2, 0.25) is 0 Å². The van der Waals surface area contributed by atoms with Crippen LogP contribution in [0.25, 0.3) is 11.4 Å². The predicted octanol–water partition coefficient (Wildman–Crippen LogP) is 4.26. The van der Waals surface area contributed by atoms with Gasteiger partial charge in [0.15, 0.2) is 17.2 Å². The quantitative estimate of drug-likeness (QED) is 0.461. The number of ether oxygens (including phenoxy) is 2. The fraction of sp³-hybridized carbons (Fsp3) is 0.286. The first-order valence-electron chi connectivity index (χ1n) is 9.60. The van der Waals surface area contributed by atoms with E-state index < -0.39 is 12.8 Å². The summed E-state index contributed by atoms with van der Waals surface area (Å²) in [5, 5.41) is 9.76. The molecule has 2 N–H and O–H groups in total. The van der Waals surface area contributed by atoms with Crippen LogP contribution in [0.4, 0.5) is 13.2 Å². The van der Waals surface area contributed by atoms with Crippen molar-refractivity contribution in [3.63, 3.8) is 0 Å². The van der Waals surface area contributed by atoms with Gasteiger partial charge < -0.3 is 14.8 Å². The second-order valence-electron chi connectivity index (χ2n) is 6.81. The van der Waals surface area contributed by atoms with E-state index in [1.54, 1.807) is 23.8 Å². The van der Waals surface area contributed by atoms with Crippen molar-refractivity contribution in [3.05, 3.63) is 58.9 Å². The monoisotopic (exact) mass is 466 g/mol. The molecule has 7 nitrogen and oxygen atoms in total. The summed E-state index contributed by atoms with van der Waals surface area (Å²) in [4.78, 5) is 12.3. The van der Waals surface area contributed by atoms with Gasteiger partial charge in [-0.25, -0.2) is 0 Å². The summed E-state index contributed by atoms with van der Waals surface area (Å²) in [5.74, 6) is 1.23. The van der Waals surface area contributed by atoms with E-state index in [1.165, 1.54) is 12.1 Å². The minimum atomic E-state index is -4.39. The Morgan fingerprint density at radius 1 is 1.12 bits per heavy atom. The molecule has 11 heteroatoms. The average Bonchev–Trinajstić information content (AvgIpc) is 3.15. The Hall–Kier alpha value is -3.34. The number of carbonyl (C=O) groups is 1. The highest BCUT2D eigenvalue weighted by molar-refractivity contribution is 7.71. The fourth-order valence-electron chi connectivity index (χ4n) is 2.86. The molecule has 0 aliphatic rings. The normalized spacial score (nSPS) is 11.2. The number of nitrogens with zero attached hydrogens (tertiary/aromatic N) is 2. The van der Waals surface area contributed by atoms with Crippen LogP contribution >= 0.6 is 12.2 Å². The Morgan fingerprint density at radius 2 is 1.78 bits per heavy atom. The molecular weight excluding hydrogens is 445 g/mol. The van der Waals surface area contributed by atoms with Crippen molar-refractivity contribution in [2.45, 2.75) is 25.7 Å². The summed E-state index contributed by atoms with van der Waals surface area (Å²) in [6, 6.07) is 13.4. The third-order valence-corrected chi connectivity index (χ3v) is 4.80. The maximum atomic E-state index is 12.3. The molecule has 1 heterocycles. The van der Waals surface area contributed by atoms with Gasteiger partial charge in [0.1, 0.15) is 11.5 Å². The molecule has 0 atom stereocenters. The molecule has 1 aromatic heterocycles. The van der Waals surface area contributed by atoms with Gasteiger partial charge in [-0.15, -0.1) is 0 Å². The number of H-pyrrole nitrogens is 1. The zero-order valence-corrected chi connectivity index (χ0v) is 17.9. The number of methoxy groups -OCH3 is 1. The number of aromatic amines is 1. The Kier molecular flexibility index (Phi) is 7.52. The molecular formula is C21H21F3N4O3S. The second-order valence-corrected chi connectivity index (χ2v) is 7.19. The van der Waals surface area contributed by atoms with E-state index >= 15 is 0 Å². The first-order valence-corrected chi connectivity index (χ1v) is 10.0. The van der Waals surface area contributed by atoms with Crippen LogP contribution in [0.15, 0.2) is 48.5 Å². The van der Waals surface area contributed by atoms with Gasteiger partial charge in [0.05, 0.1) is 7.11 Å². The van der Waals surface area contributed by atoms with Crippen LogP contribution in [-0.2, 0) is 17.9 Å². The van der Waals surface area contributed by atoms with Crippen LogP contribution in [-0.4, -0.2) is 40.6 Å². The van der Waals surface area contributed by atoms with Crippen LogP contribution < -0.4 is 14.8 Å². The molecule has 3 rings (SSSR count). The molecule has 0 aliphatic carbocycles. The van der Waals surface area contributed by atoms with E-state index in [9.17, 15) is 18.0 Å². The highest BCUT2D eigenvalue weighted by Gasteiger charge is 2.28. The highest BCUT2D eigenvalue weighted by Crippen LogP contribution is 2.21. The maximum absolute atomic E-state index is 12.3. The molecule has 32 heavy (non-hydrogen) atoms. The van der Waals surface area contributed by atoms with Crippen LogP contribution in [0.5, 0.6) is 11.5 Å². The minimum absolute atomic E-state index is 0.109. The molecule has 0 bridgehead atoms. The lowest BCUT2D eigenvalue weighted by Crippen LogP contribution is -2.24. The number of halogens is 3. The average molecular weight is 466 g/mol. The third kappa shape index (κ3) is 6.58. The molecule has 0 radical (unpaired) electrons. The summed E-state index contributed by atoms with van der Waals surface area (Å²) in [6.07, 6.45) is -4.22. The Morgan fingerprint density at radius 3 is 2.41 bits per heavy atom. The molecule has 0 unspecified atom stereocenters. The Labute approximate surface area is 187 Å². The van der Waals surface area contributed by atoms with Gasteiger partial charge >= 0.3 is 6.18 Å². The van der Waals surface area contributed by atoms with Gasteiger partial charge in [0.2, 0.25) is 5.91 Å². The molecule has 0 aliphatic heterocycles. The summed E-state index contributed by atoms with van der Waals surface area (Å²) < 4.78 is 48.5. The molecule has 0 spiro atoms. The van der Waals surface area contributed by atoms with Crippen molar-refractivity contribution < 1.29 is 27.4 Å². The SMILES string of the molecule is COc1ccc(-c2n[nH]c(=S)n2CCC(=O)NCc2ccc(OCC(F)(F)F)cc2)cc1. The van der Waals surface area contributed by atoms with E-state index in [1.807, 2.05) is 24.3 Å². The molecule has 1 amide bonds. The van der Waals surface area contributed by atoms with Crippen molar-refractivity contribution in [1.29, 1.82) is 0 Å². The number of amides is 1. The van der Waals surface area contributed by atoms with E-state index in [-0.39, 0.29) is 24.6 Å². The van der Waals surface area contributed by atoms with Gasteiger partial charge in [0.25, 0.3) is 0 Å². The number of rotatable bonds is 9. The number of aromatic nitrogens is 3. The van der Waals surface area contributed by atoms with E-state index in [0.29, 0.717) is 22.9 Å². The number of alkyl halides is 3. The highest BCUT2D eigenvalue weighted by atomic mass is 32.1. The number of hydrogen-bond donors (Lipinski definition) is 2. The largest absolute Gasteiger partial charge is 0.497 e. The predicted molar refractivity (Wildman–Crippen MR) is 114 cm³/mol. The molecule has 2 aromatic carbocycles. The van der Waals surface area contributed by atoms with Gasteiger partial charge in [-0.1, -0.05) is 12.1 Å². The topological polar surface area (TPSA) is 81.2 Å². The van der Waals surface area contributed by atoms with Gasteiger partial charge in [0, 0.05) is 25.1 Å². The van der Waals surface area contributed by atoms with Crippen LogP contribution in [0, 0.1) is 4.77 Å². The lowest BCUT2D eigenvalue weighted by Gasteiger charge is -2.10. The van der Waals surface area contributed by atoms with Crippen molar-refractivity contribution in [2.24, 2.45) is 0 Å². The van der Waals surface area contributed by atoms with Crippen molar-refractivity contribution in [1.82, 2.24) is 20.1 Å². The fourth-order valence-corrected chi connectivity index (χ4v) is 3.08. The molecule has 0 saturated heterocycles. The Bertz CT molecular complexity index is 1090.